The number of hydrogen-bond donors (Lipinski definition) is 1. The molecule has 2 aromatic carbocycles. The second-order valence-electron chi connectivity index (χ2n) is 5.33. The van der Waals surface area contributed by atoms with Crippen LogP contribution in [-0.4, -0.2) is 16.7 Å². The second kappa shape index (κ2) is 7.62. The third kappa shape index (κ3) is 3.91. The quantitative estimate of drug-likeness (QED) is 0.738. The van der Waals surface area contributed by atoms with Crippen LogP contribution in [-0.2, 0) is 6.61 Å². The zero-order chi connectivity index (χ0) is 16.8. The van der Waals surface area contributed by atoms with E-state index in [0.29, 0.717) is 12.5 Å². The molecular weight excluding hydrogens is 302 g/mol. The van der Waals surface area contributed by atoms with Crippen molar-refractivity contribution in [1.29, 1.82) is 0 Å². The van der Waals surface area contributed by atoms with Gasteiger partial charge >= 0.3 is 0 Å². The molecule has 0 saturated carbocycles. The minimum atomic E-state index is 0.0193. The number of oxazole rings is 1. The zero-order valence-corrected chi connectivity index (χ0v) is 13.5. The van der Waals surface area contributed by atoms with Gasteiger partial charge in [-0.05, 0) is 36.8 Å². The van der Waals surface area contributed by atoms with Gasteiger partial charge in [-0.3, -0.25) is 0 Å². The molecular formula is C20H19NO3. The van der Waals surface area contributed by atoms with Gasteiger partial charge in [0.05, 0.1) is 6.61 Å². The first-order chi connectivity index (χ1) is 11.8. The number of rotatable bonds is 6. The van der Waals surface area contributed by atoms with Gasteiger partial charge < -0.3 is 14.3 Å². The Bertz CT molecular complexity index is 822. The summed E-state index contributed by atoms with van der Waals surface area (Å²) in [6, 6.07) is 17.5. The molecule has 1 aromatic heterocycles. The van der Waals surface area contributed by atoms with Crippen LogP contribution < -0.4 is 4.74 Å². The van der Waals surface area contributed by atoms with Crippen molar-refractivity contribution in [3.63, 3.8) is 0 Å². The summed E-state index contributed by atoms with van der Waals surface area (Å²) >= 11 is 0. The Hall–Kier alpha value is -2.85. The molecule has 0 bridgehead atoms. The van der Waals surface area contributed by atoms with E-state index in [1.165, 1.54) is 0 Å². The SMILES string of the molecule is Cc1oc(-c2ccccc2)nc1COc1cccc(/C=C/CO)c1. The van der Waals surface area contributed by atoms with Crippen LogP contribution in [0.2, 0.25) is 0 Å². The molecule has 0 aliphatic heterocycles. The van der Waals surface area contributed by atoms with Gasteiger partial charge in [0.2, 0.25) is 5.89 Å². The van der Waals surface area contributed by atoms with Gasteiger partial charge in [0, 0.05) is 5.56 Å². The highest BCUT2D eigenvalue weighted by Crippen LogP contribution is 2.23. The third-order valence-electron chi connectivity index (χ3n) is 3.56. The fraction of sp³-hybridized carbons (Fsp3) is 0.150. The molecule has 4 heteroatoms. The van der Waals surface area contributed by atoms with E-state index in [-0.39, 0.29) is 6.61 Å². The molecule has 0 spiro atoms. The summed E-state index contributed by atoms with van der Waals surface area (Å²) in [6.07, 6.45) is 3.54. The highest BCUT2D eigenvalue weighted by atomic mass is 16.5. The minimum absolute atomic E-state index is 0.0193. The summed E-state index contributed by atoms with van der Waals surface area (Å²) in [5, 5.41) is 8.84. The molecule has 0 aliphatic carbocycles. The molecule has 0 unspecified atom stereocenters. The molecule has 0 saturated heterocycles. The maximum Gasteiger partial charge on any atom is 0.226 e. The number of ether oxygens (including phenoxy) is 1. The molecule has 0 amide bonds. The van der Waals surface area contributed by atoms with E-state index in [1.54, 1.807) is 6.08 Å². The first-order valence-corrected chi connectivity index (χ1v) is 7.78. The van der Waals surface area contributed by atoms with Crippen molar-refractivity contribution in [1.82, 2.24) is 4.98 Å². The van der Waals surface area contributed by atoms with Crippen LogP contribution in [0.5, 0.6) is 5.75 Å². The van der Waals surface area contributed by atoms with Crippen molar-refractivity contribution >= 4 is 6.08 Å². The lowest BCUT2D eigenvalue weighted by Crippen LogP contribution is -1.97. The van der Waals surface area contributed by atoms with Crippen LogP contribution in [0.4, 0.5) is 0 Å². The average molecular weight is 321 g/mol. The van der Waals surface area contributed by atoms with E-state index >= 15 is 0 Å². The van der Waals surface area contributed by atoms with Crippen molar-refractivity contribution in [3.05, 3.63) is 77.7 Å². The monoisotopic (exact) mass is 321 g/mol. The van der Waals surface area contributed by atoms with Gasteiger partial charge in [-0.15, -0.1) is 0 Å². The normalized spacial score (nSPS) is 11.1. The largest absolute Gasteiger partial charge is 0.487 e. The Kier molecular flexibility index (Phi) is 5.08. The van der Waals surface area contributed by atoms with E-state index in [2.05, 4.69) is 4.98 Å². The van der Waals surface area contributed by atoms with Crippen molar-refractivity contribution in [3.8, 4) is 17.2 Å². The summed E-state index contributed by atoms with van der Waals surface area (Å²) in [7, 11) is 0. The minimum Gasteiger partial charge on any atom is -0.487 e. The van der Waals surface area contributed by atoms with Gasteiger partial charge in [0.1, 0.15) is 23.8 Å². The summed E-state index contributed by atoms with van der Waals surface area (Å²) in [5.74, 6) is 2.11. The Morgan fingerprint density at radius 2 is 1.96 bits per heavy atom. The van der Waals surface area contributed by atoms with Crippen LogP contribution in [0.25, 0.3) is 17.5 Å². The number of hydrogen-bond acceptors (Lipinski definition) is 4. The van der Waals surface area contributed by atoms with Crippen molar-refractivity contribution in [2.24, 2.45) is 0 Å². The van der Waals surface area contributed by atoms with Crippen LogP contribution in [0, 0.1) is 6.92 Å². The molecule has 1 N–H and O–H groups in total. The number of aliphatic hydroxyl groups excluding tert-OH is 1. The van der Waals surface area contributed by atoms with E-state index in [9.17, 15) is 0 Å². The van der Waals surface area contributed by atoms with Crippen LogP contribution in [0.1, 0.15) is 17.0 Å². The third-order valence-corrected chi connectivity index (χ3v) is 3.56. The molecule has 0 fully saturated rings. The number of aliphatic hydroxyl groups is 1. The highest BCUT2D eigenvalue weighted by molar-refractivity contribution is 5.53. The van der Waals surface area contributed by atoms with E-state index in [0.717, 1.165) is 28.3 Å². The van der Waals surface area contributed by atoms with Crippen LogP contribution >= 0.6 is 0 Å². The first kappa shape index (κ1) is 16.0. The highest BCUT2D eigenvalue weighted by Gasteiger charge is 2.11. The first-order valence-electron chi connectivity index (χ1n) is 7.78. The van der Waals surface area contributed by atoms with Crippen LogP contribution in [0.3, 0.4) is 0 Å². The summed E-state index contributed by atoms with van der Waals surface area (Å²) in [4.78, 5) is 4.53. The van der Waals surface area contributed by atoms with E-state index < -0.39 is 0 Å². The van der Waals surface area contributed by atoms with Gasteiger partial charge in [-0.1, -0.05) is 42.5 Å². The van der Waals surface area contributed by atoms with Gasteiger partial charge in [0.15, 0.2) is 0 Å². The molecule has 0 radical (unpaired) electrons. The predicted octanol–water partition coefficient (Wildman–Crippen LogP) is 4.23. The Labute approximate surface area is 141 Å². The lowest BCUT2D eigenvalue weighted by Gasteiger charge is -2.05. The smallest absolute Gasteiger partial charge is 0.226 e. The van der Waals surface area contributed by atoms with Crippen molar-refractivity contribution in [2.75, 3.05) is 6.61 Å². The molecule has 3 aromatic rings. The topological polar surface area (TPSA) is 55.5 Å². The lowest BCUT2D eigenvalue weighted by molar-refractivity contribution is 0.299. The molecule has 122 valence electrons. The van der Waals surface area contributed by atoms with Crippen molar-refractivity contribution in [2.45, 2.75) is 13.5 Å². The number of aryl methyl sites for hydroxylation is 1. The summed E-state index contributed by atoms with van der Waals surface area (Å²) < 4.78 is 11.6. The van der Waals surface area contributed by atoms with Crippen molar-refractivity contribution < 1.29 is 14.3 Å². The number of benzene rings is 2. The Morgan fingerprint density at radius 3 is 2.75 bits per heavy atom. The Morgan fingerprint density at radius 1 is 1.12 bits per heavy atom. The number of aromatic nitrogens is 1. The molecule has 4 nitrogen and oxygen atoms in total. The summed E-state index contributed by atoms with van der Waals surface area (Å²) in [6.45, 7) is 2.25. The van der Waals surface area contributed by atoms with Gasteiger partial charge in [0.25, 0.3) is 0 Å². The zero-order valence-electron chi connectivity index (χ0n) is 13.5. The molecule has 0 aliphatic rings. The fourth-order valence-electron chi connectivity index (χ4n) is 2.31. The molecule has 3 rings (SSSR count). The van der Waals surface area contributed by atoms with E-state index in [4.69, 9.17) is 14.3 Å². The Balaban J connectivity index is 1.71. The van der Waals surface area contributed by atoms with Gasteiger partial charge in [-0.25, -0.2) is 4.98 Å². The lowest BCUT2D eigenvalue weighted by atomic mass is 10.2. The molecule has 0 atom stereocenters. The second-order valence-corrected chi connectivity index (χ2v) is 5.33. The summed E-state index contributed by atoms with van der Waals surface area (Å²) in [5.41, 5.74) is 2.71. The molecule has 1 heterocycles. The maximum absolute atomic E-state index is 8.84. The predicted molar refractivity (Wildman–Crippen MR) is 93.6 cm³/mol. The number of nitrogens with zero attached hydrogens (tertiary/aromatic N) is 1. The average Bonchev–Trinajstić information content (AvgIpc) is 3.00. The fourth-order valence-corrected chi connectivity index (χ4v) is 2.31. The van der Waals surface area contributed by atoms with E-state index in [1.807, 2.05) is 67.6 Å². The van der Waals surface area contributed by atoms with Gasteiger partial charge in [-0.2, -0.15) is 0 Å². The van der Waals surface area contributed by atoms with Crippen LogP contribution in [0.15, 0.2) is 65.1 Å². The molecule has 24 heavy (non-hydrogen) atoms. The standard InChI is InChI=1S/C20H19NO3/c1-15-19(21-20(24-15)17-9-3-2-4-10-17)14-23-18-11-5-7-16(13-18)8-6-12-22/h2-11,13,22H,12,14H2,1H3/b8-6+. The maximum atomic E-state index is 8.84.